The van der Waals surface area contributed by atoms with Gasteiger partial charge in [-0.2, -0.15) is 0 Å². The van der Waals surface area contributed by atoms with Crippen molar-refractivity contribution in [1.29, 1.82) is 0 Å². The van der Waals surface area contributed by atoms with E-state index in [2.05, 4.69) is 4.98 Å². The molecule has 6 heteroatoms. The predicted molar refractivity (Wildman–Crippen MR) is 63.9 cm³/mol. The molecule has 0 aromatic carbocycles. The highest BCUT2D eigenvalue weighted by atomic mass is 35.5. The number of carbonyl (C=O) groups is 1. The second-order valence-electron chi connectivity index (χ2n) is 3.01. The predicted octanol–water partition coefficient (Wildman–Crippen LogP) is 3.03. The number of unbranched alkanes of at least 4 members (excludes halogenated alkanes) is 1. The van der Waals surface area contributed by atoms with E-state index in [0.717, 1.165) is 12.8 Å². The first-order valence-corrected chi connectivity index (χ1v) is 5.04. The molecule has 0 atom stereocenters. The summed E-state index contributed by atoms with van der Waals surface area (Å²) in [6.45, 7) is 2.49. The zero-order chi connectivity index (χ0) is 11.3. The van der Waals surface area contributed by atoms with Crippen molar-refractivity contribution >= 4 is 30.0 Å². The smallest absolute Gasteiger partial charge is 0.341 e. The highest BCUT2D eigenvalue weighted by Crippen LogP contribution is 2.19. The molecule has 0 saturated carbocycles. The van der Waals surface area contributed by atoms with Crippen LogP contribution < -0.4 is 4.74 Å². The number of carboxylic acids is 1. The van der Waals surface area contributed by atoms with E-state index in [1.165, 1.54) is 12.3 Å². The first-order valence-electron chi connectivity index (χ1n) is 4.66. The van der Waals surface area contributed by atoms with Gasteiger partial charge in [-0.1, -0.05) is 24.9 Å². The lowest BCUT2D eigenvalue weighted by molar-refractivity contribution is 0.0691. The summed E-state index contributed by atoms with van der Waals surface area (Å²) in [5.74, 6) is -0.961. The molecule has 0 aliphatic rings. The van der Waals surface area contributed by atoms with Gasteiger partial charge in [0.25, 0.3) is 0 Å². The summed E-state index contributed by atoms with van der Waals surface area (Å²) in [6, 6.07) is 1.33. The molecule has 0 amide bonds. The van der Waals surface area contributed by atoms with Gasteiger partial charge in [-0.15, -0.1) is 12.4 Å². The van der Waals surface area contributed by atoms with Gasteiger partial charge in [0, 0.05) is 6.20 Å². The molecule has 1 aromatic rings. The molecule has 0 radical (unpaired) electrons. The van der Waals surface area contributed by atoms with Crippen LogP contribution in [0.3, 0.4) is 0 Å². The largest absolute Gasteiger partial charge is 0.477 e. The minimum atomic E-state index is -1.09. The number of aromatic nitrogens is 1. The van der Waals surface area contributed by atoms with Crippen molar-refractivity contribution in [3.8, 4) is 5.88 Å². The van der Waals surface area contributed by atoms with Crippen LogP contribution in [0.25, 0.3) is 0 Å². The quantitative estimate of drug-likeness (QED) is 0.832. The van der Waals surface area contributed by atoms with Gasteiger partial charge in [-0.25, -0.2) is 9.78 Å². The van der Waals surface area contributed by atoms with Gasteiger partial charge in [0.2, 0.25) is 5.88 Å². The van der Waals surface area contributed by atoms with E-state index in [0.29, 0.717) is 6.61 Å². The number of carboxylic acid groups (broad SMARTS) is 1. The van der Waals surface area contributed by atoms with Crippen molar-refractivity contribution in [2.75, 3.05) is 6.61 Å². The fraction of sp³-hybridized carbons (Fsp3) is 0.400. The van der Waals surface area contributed by atoms with Crippen LogP contribution in [0.15, 0.2) is 12.3 Å². The Hall–Kier alpha value is -1.00. The molecule has 0 aliphatic carbocycles. The van der Waals surface area contributed by atoms with Gasteiger partial charge >= 0.3 is 5.97 Å². The number of aromatic carboxylic acids is 1. The zero-order valence-corrected chi connectivity index (χ0v) is 10.3. The Kier molecular flexibility index (Phi) is 6.85. The summed E-state index contributed by atoms with van der Waals surface area (Å²) in [7, 11) is 0. The lowest BCUT2D eigenvalue weighted by Crippen LogP contribution is -2.06. The molecular formula is C10H13Cl2NO3. The number of ether oxygens (including phenoxy) is 1. The van der Waals surface area contributed by atoms with Crippen LogP contribution in [0.1, 0.15) is 30.1 Å². The van der Waals surface area contributed by atoms with Crippen LogP contribution in [0.2, 0.25) is 5.02 Å². The molecule has 0 bridgehead atoms. The normalized spacial score (nSPS) is 9.38. The van der Waals surface area contributed by atoms with Crippen molar-refractivity contribution < 1.29 is 14.6 Å². The van der Waals surface area contributed by atoms with Crippen molar-refractivity contribution in [3.63, 3.8) is 0 Å². The van der Waals surface area contributed by atoms with Crippen LogP contribution in [-0.4, -0.2) is 22.7 Å². The first kappa shape index (κ1) is 15.0. The van der Waals surface area contributed by atoms with E-state index in [1.54, 1.807) is 0 Å². The van der Waals surface area contributed by atoms with Crippen LogP contribution in [0.5, 0.6) is 5.88 Å². The summed E-state index contributed by atoms with van der Waals surface area (Å²) in [5.41, 5.74) is -0.00129. The molecule has 1 aromatic heterocycles. The molecular weight excluding hydrogens is 253 g/mol. The second-order valence-corrected chi connectivity index (χ2v) is 3.45. The minimum absolute atomic E-state index is 0. The Balaban J connectivity index is 0.00000225. The maximum atomic E-state index is 10.8. The van der Waals surface area contributed by atoms with E-state index < -0.39 is 5.97 Å². The Morgan fingerprint density at radius 1 is 1.62 bits per heavy atom. The molecule has 0 unspecified atom stereocenters. The fourth-order valence-corrected chi connectivity index (χ4v) is 1.17. The number of pyridine rings is 1. The maximum Gasteiger partial charge on any atom is 0.341 e. The third-order valence-corrected chi connectivity index (χ3v) is 1.99. The average Bonchev–Trinajstić information content (AvgIpc) is 2.20. The third kappa shape index (κ3) is 4.24. The van der Waals surface area contributed by atoms with Gasteiger partial charge in [-0.3, -0.25) is 0 Å². The van der Waals surface area contributed by atoms with Crippen LogP contribution >= 0.6 is 24.0 Å². The molecule has 90 valence electrons. The molecule has 4 nitrogen and oxygen atoms in total. The third-order valence-electron chi connectivity index (χ3n) is 1.78. The number of hydrogen-bond acceptors (Lipinski definition) is 3. The van der Waals surface area contributed by atoms with Crippen molar-refractivity contribution in [2.45, 2.75) is 19.8 Å². The second kappa shape index (κ2) is 7.30. The number of nitrogens with zero attached hydrogens (tertiary/aromatic N) is 1. The summed E-state index contributed by atoms with van der Waals surface area (Å²) in [5, 5.41) is 9.16. The lowest BCUT2D eigenvalue weighted by Gasteiger charge is -2.07. The molecule has 0 fully saturated rings. The molecule has 0 spiro atoms. The van der Waals surface area contributed by atoms with Gasteiger partial charge < -0.3 is 9.84 Å². The van der Waals surface area contributed by atoms with Crippen molar-refractivity contribution in [3.05, 3.63) is 22.8 Å². The van der Waals surface area contributed by atoms with E-state index in [-0.39, 0.29) is 28.9 Å². The molecule has 0 saturated heterocycles. The highest BCUT2D eigenvalue weighted by molar-refractivity contribution is 6.30. The molecule has 1 heterocycles. The van der Waals surface area contributed by atoms with E-state index in [9.17, 15) is 4.79 Å². The zero-order valence-electron chi connectivity index (χ0n) is 8.77. The van der Waals surface area contributed by atoms with Crippen LogP contribution in [-0.2, 0) is 0 Å². The molecule has 0 aliphatic heterocycles. The van der Waals surface area contributed by atoms with E-state index in [4.69, 9.17) is 21.4 Å². The Labute approximate surface area is 105 Å². The highest BCUT2D eigenvalue weighted by Gasteiger charge is 2.13. The van der Waals surface area contributed by atoms with Crippen LogP contribution in [0, 0.1) is 0 Å². The SMILES string of the molecule is CCCCOc1ncc(Cl)cc1C(=O)O.Cl. The first-order chi connectivity index (χ1) is 7.15. The van der Waals surface area contributed by atoms with Crippen molar-refractivity contribution in [1.82, 2.24) is 4.98 Å². The van der Waals surface area contributed by atoms with Gasteiger partial charge in [0.15, 0.2) is 0 Å². The van der Waals surface area contributed by atoms with Gasteiger partial charge in [0.05, 0.1) is 11.6 Å². The van der Waals surface area contributed by atoms with Gasteiger partial charge in [-0.05, 0) is 12.5 Å². The summed E-state index contributed by atoms with van der Waals surface area (Å²) < 4.78 is 5.24. The fourth-order valence-electron chi connectivity index (χ4n) is 1.01. The summed E-state index contributed by atoms with van der Waals surface area (Å²) >= 11 is 5.64. The monoisotopic (exact) mass is 265 g/mol. The van der Waals surface area contributed by atoms with Gasteiger partial charge in [0.1, 0.15) is 5.56 Å². The maximum absolute atomic E-state index is 10.8. The minimum Gasteiger partial charge on any atom is -0.477 e. The van der Waals surface area contributed by atoms with E-state index >= 15 is 0 Å². The van der Waals surface area contributed by atoms with Crippen LogP contribution in [0.4, 0.5) is 0 Å². The summed E-state index contributed by atoms with van der Waals surface area (Å²) in [4.78, 5) is 14.7. The van der Waals surface area contributed by atoms with E-state index in [1.807, 2.05) is 6.92 Å². The standard InChI is InChI=1S/C10H12ClNO3.ClH/c1-2-3-4-15-9-8(10(13)14)5-7(11)6-12-9;/h5-6H,2-4H2,1H3,(H,13,14);1H. The number of halogens is 2. The Morgan fingerprint density at radius 2 is 2.31 bits per heavy atom. The number of rotatable bonds is 5. The molecule has 16 heavy (non-hydrogen) atoms. The molecule has 1 rings (SSSR count). The average molecular weight is 266 g/mol. The topological polar surface area (TPSA) is 59.4 Å². The molecule has 1 N–H and O–H groups in total. The Bertz CT molecular complexity index is 358. The Morgan fingerprint density at radius 3 is 2.88 bits per heavy atom. The lowest BCUT2D eigenvalue weighted by atomic mass is 10.3. The number of hydrogen-bond donors (Lipinski definition) is 1. The van der Waals surface area contributed by atoms with Crippen molar-refractivity contribution in [2.24, 2.45) is 0 Å². The summed E-state index contributed by atoms with van der Waals surface area (Å²) in [6.07, 6.45) is 3.22.